The molecule has 7 rings (SSSR count). The highest BCUT2D eigenvalue weighted by molar-refractivity contribution is 6.29. The second-order valence-corrected chi connectivity index (χ2v) is 9.71. The molecule has 1 aliphatic carbocycles. The van der Waals surface area contributed by atoms with Crippen LogP contribution in [0.15, 0.2) is 85.6 Å². The van der Waals surface area contributed by atoms with Crippen molar-refractivity contribution in [1.82, 2.24) is 19.4 Å². The lowest BCUT2D eigenvalue weighted by Crippen LogP contribution is -2.36. The van der Waals surface area contributed by atoms with Crippen molar-refractivity contribution in [3.63, 3.8) is 0 Å². The molecule has 192 valence electrons. The molecule has 8 heteroatoms. The zero-order valence-electron chi connectivity index (χ0n) is 21.2. The minimum atomic E-state index is 0.125. The minimum absolute atomic E-state index is 0.125. The zero-order valence-corrected chi connectivity index (χ0v) is 21.2. The van der Waals surface area contributed by atoms with Gasteiger partial charge >= 0.3 is 0 Å². The molecule has 1 fully saturated rings. The van der Waals surface area contributed by atoms with Gasteiger partial charge in [0, 0.05) is 73.0 Å². The van der Waals surface area contributed by atoms with Crippen molar-refractivity contribution >= 4 is 40.3 Å². The van der Waals surface area contributed by atoms with Gasteiger partial charge < -0.3 is 19.4 Å². The standard InChI is InChI=1S/C31H26N6O2/c38-29-19-23-18-22(1-6-26(23)27(29)17-21-7-9-32-10-8-21)28-20-37-12-11-33-31(37)30(35-28)34-24-2-4-25(5-3-24)36-13-15-39-16-14-36/h1-12,17-18,20H,13-16,19H2,(H,34,35)/b27-17+. The lowest BCUT2D eigenvalue weighted by molar-refractivity contribution is -0.112. The second kappa shape index (κ2) is 9.81. The van der Waals surface area contributed by atoms with Gasteiger partial charge in [-0.25, -0.2) is 9.97 Å². The van der Waals surface area contributed by atoms with Crippen LogP contribution >= 0.6 is 0 Å². The minimum Gasteiger partial charge on any atom is -0.378 e. The number of ketones is 1. The van der Waals surface area contributed by atoms with E-state index in [1.165, 1.54) is 5.69 Å². The molecule has 0 unspecified atom stereocenters. The van der Waals surface area contributed by atoms with Gasteiger partial charge in [0.25, 0.3) is 0 Å². The third kappa shape index (κ3) is 4.55. The van der Waals surface area contributed by atoms with Crippen LogP contribution in [0.3, 0.4) is 0 Å². The number of benzene rings is 2. The van der Waals surface area contributed by atoms with Crippen molar-refractivity contribution in [2.24, 2.45) is 0 Å². The molecule has 0 amide bonds. The van der Waals surface area contributed by atoms with E-state index in [4.69, 9.17) is 9.72 Å². The summed E-state index contributed by atoms with van der Waals surface area (Å²) in [5.41, 5.74) is 8.31. The van der Waals surface area contributed by atoms with Gasteiger partial charge in [0.05, 0.1) is 18.9 Å². The largest absolute Gasteiger partial charge is 0.378 e. The Morgan fingerprint density at radius 3 is 2.59 bits per heavy atom. The van der Waals surface area contributed by atoms with Crippen LogP contribution in [0.5, 0.6) is 0 Å². The number of imidazole rings is 1. The van der Waals surface area contributed by atoms with E-state index in [-0.39, 0.29) is 5.78 Å². The third-order valence-electron chi connectivity index (χ3n) is 7.24. The smallest absolute Gasteiger partial charge is 0.180 e. The van der Waals surface area contributed by atoms with Gasteiger partial charge in [-0.2, -0.15) is 0 Å². The SMILES string of the molecule is O=C1Cc2cc(-c3cn4ccnc4c(Nc4ccc(N5CCOCC5)cc4)n3)ccc2/C1=C\c1ccncc1. The van der Waals surface area contributed by atoms with Crippen LogP contribution in [0.25, 0.3) is 28.6 Å². The summed E-state index contributed by atoms with van der Waals surface area (Å²) in [4.78, 5) is 28.7. The number of aromatic nitrogens is 4. The maximum absolute atomic E-state index is 12.9. The maximum atomic E-state index is 12.9. The monoisotopic (exact) mass is 514 g/mol. The normalized spacial score (nSPS) is 16.2. The van der Waals surface area contributed by atoms with Gasteiger partial charge in [-0.15, -0.1) is 0 Å². The number of Topliss-reactive ketones (excluding diaryl/α,β-unsaturated/α-hetero) is 1. The molecular weight excluding hydrogens is 488 g/mol. The van der Waals surface area contributed by atoms with Crippen LogP contribution in [0.2, 0.25) is 0 Å². The molecule has 8 nitrogen and oxygen atoms in total. The Bertz CT molecular complexity index is 1700. The van der Waals surface area contributed by atoms with Crippen molar-refractivity contribution in [2.75, 3.05) is 36.5 Å². The predicted molar refractivity (Wildman–Crippen MR) is 152 cm³/mol. The number of rotatable bonds is 5. The van der Waals surface area contributed by atoms with Crippen molar-refractivity contribution in [3.8, 4) is 11.3 Å². The number of carbonyl (C=O) groups excluding carboxylic acids is 1. The Morgan fingerprint density at radius 1 is 0.949 bits per heavy atom. The van der Waals surface area contributed by atoms with E-state index in [9.17, 15) is 4.79 Å². The molecule has 2 aromatic carbocycles. The van der Waals surface area contributed by atoms with Crippen LogP contribution in [0.4, 0.5) is 17.2 Å². The number of allylic oxidation sites excluding steroid dienone is 1. The highest BCUT2D eigenvalue weighted by atomic mass is 16.5. The summed E-state index contributed by atoms with van der Waals surface area (Å²) in [5.74, 6) is 0.798. The molecule has 1 saturated heterocycles. The molecule has 0 bridgehead atoms. The van der Waals surface area contributed by atoms with Crippen LogP contribution in [-0.4, -0.2) is 51.4 Å². The van der Waals surface area contributed by atoms with Gasteiger partial charge in [0.1, 0.15) is 0 Å². The average molecular weight is 515 g/mol. The molecule has 3 aromatic heterocycles. The fraction of sp³-hybridized carbons (Fsp3) is 0.161. The van der Waals surface area contributed by atoms with Crippen LogP contribution in [0, 0.1) is 0 Å². The third-order valence-corrected chi connectivity index (χ3v) is 7.24. The predicted octanol–water partition coefficient (Wildman–Crippen LogP) is 5.04. The highest BCUT2D eigenvalue weighted by Gasteiger charge is 2.25. The van der Waals surface area contributed by atoms with E-state index in [1.807, 2.05) is 47.1 Å². The Morgan fingerprint density at radius 2 is 1.77 bits per heavy atom. The second-order valence-electron chi connectivity index (χ2n) is 9.71. The maximum Gasteiger partial charge on any atom is 0.180 e. The van der Waals surface area contributed by atoms with Gasteiger partial charge in [0.15, 0.2) is 17.2 Å². The summed E-state index contributed by atoms with van der Waals surface area (Å²) >= 11 is 0. The molecule has 4 heterocycles. The first-order chi connectivity index (χ1) is 19.2. The fourth-order valence-electron chi connectivity index (χ4n) is 5.23. The molecule has 0 atom stereocenters. The zero-order chi connectivity index (χ0) is 26.2. The van der Waals surface area contributed by atoms with E-state index in [2.05, 4.69) is 50.5 Å². The van der Waals surface area contributed by atoms with Crippen LogP contribution < -0.4 is 10.2 Å². The van der Waals surface area contributed by atoms with Crippen molar-refractivity contribution in [2.45, 2.75) is 6.42 Å². The number of morpholine rings is 1. The van der Waals surface area contributed by atoms with Gasteiger partial charge in [-0.3, -0.25) is 9.78 Å². The number of hydrogen-bond donors (Lipinski definition) is 1. The Labute approximate surface area is 225 Å². The first-order valence-electron chi connectivity index (χ1n) is 13.0. The molecule has 1 aliphatic heterocycles. The molecule has 0 radical (unpaired) electrons. The lowest BCUT2D eigenvalue weighted by Gasteiger charge is -2.28. The van der Waals surface area contributed by atoms with Crippen LogP contribution in [0.1, 0.15) is 16.7 Å². The summed E-state index contributed by atoms with van der Waals surface area (Å²) in [6, 6.07) is 18.3. The van der Waals surface area contributed by atoms with Crippen LogP contribution in [-0.2, 0) is 16.0 Å². The first kappa shape index (κ1) is 23.3. The number of nitrogens with zero attached hydrogens (tertiary/aromatic N) is 5. The highest BCUT2D eigenvalue weighted by Crippen LogP contribution is 2.34. The molecule has 0 saturated carbocycles. The van der Waals surface area contributed by atoms with E-state index in [1.54, 1.807) is 18.6 Å². The number of fused-ring (bicyclic) bond motifs is 2. The van der Waals surface area contributed by atoms with E-state index in [0.717, 1.165) is 71.2 Å². The number of anilines is 3. The van der Waals surface area contributed by atoms with Crippen molar-refractivity contribution in [3.05, 3.63) is 102 Å². The number of nitrogens with one attached hydrogen (secondary N) is 1. The molecular formula is C31H26N6O2. The number of pyridine rings is 1. The van der Waals surface area contributed by atoms with Gasteiger partial charge in [-0.1, -0.05) is 12.1 Å². The molecule has 2 aliphatic rings. The number of ether oxygens (including phenoxy) is 1. The molecule has 0 spiro atoms. The van der Waals surface area contributed by atoms with Crippen molar-refractivity contribution < 1.29 is 9.53 Å². The summed E-state index contributed by atoms with van der Waals surface area (Å²) < 4.78 is 7.44. The topological polar surface area (TPSA) is 84.7 Å². The summed E-state index contributed by atoms with van der Waals surface area (Å²) in [6.07, 6.45) is 11.5. The quantitative estimate of drug-likeness (QED) is 0.329. The lowest BCUT2D eigenvalue weighted by atomic mass is 10.0. The molecule has 5 aromatic rings. The first-order valence-corrected chi connectivity index (χ1v) is 13.0. The fourth-order valence-corrected chi connectivity index (χ4v) is 5.23. The summed E-state index contributed by atoms with van der Waals surface area (Å²) in [7, 11) is 0. The Kier molecular flexibility index (Phi) is 5.86. The van der Waals surface area contributed by atoms with E-state index in [0.29, 0.717) is 12.2 Å². The number of hydrogen-bond acceptors (Lipinski definition) is 7. The number of carbonyl (C=O) groups is 1. The average Bonchev–Trinajstić information content (AvgIpc) is 3.58. The molecule has 39 heavy (non-hydrogen) atoms. The van der Waals surface area contributed by atoms with E-state index >= 15 is 0 Å². The summed E-state index contributed by atoms with van der Waals surface area (Å²) in [5, 5.41) is 3.46. The summed E-state index contributed by atoms with van der Waals surface area (Å²) in [6.45, 7) is 3.32. The molecule has 1 N–H and O–H groups in total. The Hall–Kier alpha value is -4.82. The van der Waals surface area contributed by atoms with E-state index < -0.39 is 0 Å². The Balaban J connectivity index is 1.19. The van der Waals surface area contributed by atoms with Gasteiger partial charge in [-0.05, 0) is 65.2 Å². The van der Waals surface area contributed by atoms with Crippen molar-refractivity contribution in [1.29, 1.82) is 0 Å². The van der Waals surface area contributed by atoms with Gasteiger partial charge in [0.2, 0.25) is 0 Å².